The zero-order chi connectivity index (χ0) is 14.4. The van der Waals surface area contributed by atoms with Gasteiger partial charge >= 0.3 is 0 Å². The maximum atomic E-state index is 8.80. The Hall–Kier alpha value is -1.75. The molecule has 0 unspecified atom stereocenters. The molecule has 0 bridgehead atoms. The van der Waals surface area contributed by atoms with Gasteiger partial charge in [-0.05, 0) is 30.7 Å². The highest BCUT2D eigenvalue weighted by atomic mass is 16.5. The topological polar surface area (TPSA) is 71.1 Å². The monoisotopic (exact) mass is 265 g/mol. The molecule has 0 aliphatic rings. The highest BCUT2D eigenvalue weighted by Gasteiger charge is 2.10. The van der Waals surface area contributed by atoms with Crippen LogP contribution in [0.2, 0.25) is 0 Å². The van der Waals surface area contributed by atoms with Crippen molar-refractivity contribution in [3.8, 4) is 5.75 Å². The molecule has 5 heteroatoms. The van der Waals surface area contributed by atoms with Crippen LogP contribution in [0.25, 0.3) is 0 Å². The molecule has 0 spiro atoms. The number of hydrogen-bond acceptors (Lipinski definition) is 4. The molecule has 0 aliphatic heterocycles. The van der Waals surface area contributed by atoms with E-state index in [9.17, 15) is 0 Å². The molecule has 19 heavy (non-hydrogen) atoms. The lowest BCUT2D eigenvalue weighted by atomic mass is 10.1. The number of hydrogen-bond donors (Lipinski definition) is 2. The van der Waals surface area contributed by atoms with Crippen LogP contribution in [-0.2, 0) is 6.54 Å². The summed E-state index contributed by atoms with van der Waals surface area (Å²) >= 11 is 0. The molecule has 106 valence electrons. The second-order valence-corrected chi connectivity index (χ2v) is 5.11. The summed E-state index contributed by atoms with van der Waals surface area (Å²) in [5, 5.41) is 11.8. The summed E-state index contributed by atoms with van der Waals surface area (Å²) in [6.45, 7) is 6.21. The Kier molecular flexibility index (Phi) is 5.63. The van der Waals surface area contributed by atoms with Gasteiger partial charge < -0.3 is 20.6 Å². The van der Waals surface area contributed by atoms with E-state index < -0.39 is 0 Å². The highest BCUT2D eigenvalue weighted by molar-refractivity contribution is 5.99. The van der Waals surface area contributed by atoms with Gasteiger partial charge in [0.1, 0.15) is 5.75 Å². The van der Waals surface area contributed by atoms with Crippen molar-refractivity contribution in [2.24, 2.45) is 16.8 Å². The molecule has 0 amide bonds. The summed E-state index contributed by atoms with van der Waals surface area (Å²) in [7, 11) is 3.64. The number of ether oxygens (including phenoxy) is 1. The summed E-state index contributed by atoms with van der Waals surface area (Å²) in [5.74, 6) is 1.28. The Bertz CT molecular complexity index is 444. The number of nitrogens with two attached hydrogens (primary N) is 1. The van der Waals surface area contributed by atoms with Crippen molar-refractivity contribution in [3.05, 3.63) is 29.3 Å². The van der Waals surface area contributed by atoms with Crippen LogP contribution in [0.3, 0.4) is 0 Å². The molecule has 0 fully saturated rings. The van der Waals surface area contributed by atoms with Gasteiger partial charge in [0.2, 0.25) is 0 Å². The molecule has 0 aliphatic carbocycles. The van der Waals surface area contributed by atoms with Crippen molar-refractivity contribution in [1.82, 2.24) is 4.90 Å². The lowest BCUT2D eigenvalue weighted by molar-refractivity contribution is 0.288. The van der Waals surface area contributed by atoms with Gasteiger partial charge in [-0.15, -0.1) is 0 Å². The van der Waals surface area contributed by atoms with E-state index in [1.165, 1.54) is 0 Å². The molecule has 0 atom stereocenters. The van der Waals surface area contributed by atoms with Crippen LogP contribution < -0.4 is 10.5 Å². The lowest BCUT2D eigenvalue weighted by Crippen LogP contribution is -2.23. The van der Waals surface area contributed by atoms with E-state index in [1.807, 2.05) is 18.2 Å². The number of benzene rings is 1. The number of amidine groups is 1. The van der Waals surface area contributed by atoms with E-state index in [0.717, 1.165) is 18.7 Å². The second-order valence-electron chi connectivity index (χ2n) is 5.11. The zero-order valence-corrected chi connectivity index (χ0v) is 12.1. The number of methoxy groups -OCH3 is 1. The minimum absolute atomic E-state index is 0.0604. The van der Waals surface area contributed by atoms with Crippen LogP contribution in [0, 0.1) is 5.92 Å². The normalized spacial score (nSPS) is 12.2. The molecule has 0 heterocycles. The van der Waals surface area contributed by atoms with Gasteiger partial charge in [0.05, 0.1) is 12.7 Å². The summed E-state index contributed by atoms with van der Waals surface area (Å²) in [5.41, 5.74) is 7.37. The molecular weight excluding hydrogens is 242 g/mol. The average Bonchev–Trinajstić information content (AvgIpc) is 2.36. The third-order valence-corrected chi connectivity index (χ3v) is 2.78. The van der Waals surface area contributed by atoms with Crippen molar-refractivity contribution in [2.75, 3.05) is 20.7 Å². The minimum Gasteiger partial charge on any atom is -0.496 e. The fourth-order valence-electron chi connectivity index (χ4n) is 2.11. The van der Waals surface area contributed by atoms with E-state index >= 15 is 0 Å². The largest absolute Gasteiger partial charge is 0.496 e. The molecular formula is C14H23N3O2. The third kappa shape index (κ3) is 4.44. The third-order valence-electron chi connectivity index (χ3n) is 2.78. The summed E-state index contributed by atoms with van der Waals surface area (Å²) in [6, 6.07) is 5.72. The minimum atomic E-state index is 0.0604. The maximum Gasteiger partial charge on any atom is 0.173 e. The fraction of sp³-hybridized carbons (Fsp3) is 0.500. The van der Waals surface area contributed by atoms with E-state index in [0.29, 0.717) is 17.2 Å². The van der Waals surface area contributed by atoms with Gasteiger partial charge in [0.15, 0.2) is 5.84 Å². The Labute approximate surface area is 114 Å². The van der Waals surface area contributed by atoms with Gasteiger partial charge in [-0.1, -0.05) is 25.1 Å². The average molecular weight is 265 g/mol. The van der Waals surface area contributed by atoms with Crippen molar-refractivity contribution in [1.29, 1.82) is 0 Å². The quantitative estimate of drug-likeness (QED) is 0.356. The second kappa shape index (κ2) is 6.99. The van der Waals surface area contributed by atoms with Gasteiger partial charge in [-0.25, -0.2) is 0 Å². The van der Waals surface area contributed by atoms with Crippen molar-refractivity contribution in [2.45, 2.75) is 20.4 Å². The van der Waals surface area contributed by atoms with Crippen LogP contribution in [0.4, 0.5) is 0 Å². The van der Waals surface area contributed by atoms with Gasteiger partial charge in [-0.2, -0.15) is 0 Å². The molecule has 1 rings (SSSR count). The number of oxime groups is 1. The van der Waals surface area contributed by atoms with Crippen molar-refractivity contribution < 1.29 is 9.94 Å². The van der Waals surface area contributed by atoms with E-state index in [4.69, 9.17) is 15.7 Å². The van der Waals surface area contributed by atoms with Gasteiger partial charge in [-0.3, -0.25) is 0 Å². The maximum absolute atomic E-state index is 8.80. The van der Waals surface area contributed by atoms with E-state index in [1.54, 1.807) is 7.11 Å². The summed E-state index contributed by atoms with van der Waals surface area (Å²) in [4.78, 5) is 2.24. The summed E-state index contributed by atoms with van der Waals surface area (Å²) < 4.78 is 5.21. The van der Waals surface area contributed by atoms with Crippen LogP contribution in [0.5, 0.6) is 5.75 Å². The first kappa shape index (κ1) is 15.3. The molecule has 3 N–H and O–H groups in total. The van der Waals surface area contributed by atoms with Crippen LogP contribution >= 0.6 is 0 Å². The molecule has 0 radical (unpaired) electrons. The van der Waals surface area contributed by atoms with Crippen LogP contribution in [-0.4, -0.2) is 36.6 Å². The summed E-state index contributed by atoms with van der Waals surface area (Å²) in [6.07, 6.45) is 0. The number of rotatable bonds is 6. The Morgan fingerprint density at radius 3 is 2.68 bits per heavy atom. The van der Waals surface area contributed by atoms with Crippen LogP contribution in [0.1, 0.15) is 25.0 Å². The molecule has 1 aromatic rings. The predicted molar refractivity (Wildman–Crippen MR) is 76.7 cm³/mol. The standard InChI is InChI=1S/C14H23N3O2/c1-10(2)8-17(3)9-11-5-6-13(19-4)12(7-11)14(15)16-18/h5-7,10,18H,8-9H2,1-4H3,(H2,15,16). The SMILES string of the molecule is COc1ccc(CN(C)CC(C)C)cc1C(N)=NO. The van der Waals surface area contributed by atoms with Crippen LogP contribution in [0.15, 0.2) is 23.4 Å². The number of nitrogens with zero attached hydrogens (tertiary/aromatic N) is 2. The van der Waals surface area contributed by atoms with Crippen molar-refractivity contribution in [3.63, 3.8) is 0 Å². The lowest BCUT2D eigenvalue weighted by Gasteiger charge is -2.19. The first-order chi connectivity index (χ1) is 8.97. The smallest absolute Gasteiger partial charge is 0.173 e. The Morgan fingerprint density at radius 2 is 2.16 bits per heavy atom. The molecule has 0 aromatic heterocycles. The van der Waals surface area contributed by atoms with Crippen molar-refractivity contribution >= 4 is 5.84 Å². The molecule has 5 nitrogen and oxygen atoms in total. The first-order valence-corrected chi connectivity index (χ1v) is 6.31. The molecule has 0 saturated carbocycles. The van der Waals surface area contributed by atoms with Gasteiger partial charge in [0.25, 0.3) is 0 Å². The predicted octanol–water partition coefficient (Wildman–Crippen LogP) is 1.88. The fourth-order valence-corrected chi connectivity index (χ4v) is 2.11. The first-order valence-electron chi connectivity index (χ1n) is 6.31. The molecule has 1 aromatic carbocycles. The molecule has 0 saturated heterocycles. The Balaban J connectivity index is 2.92. The Morgan fingerprint density at radius 1 is 1.47 bits per heavy atom. The van der Waals surface area contributed by atoms with Gasteiger partial charge in [0, 0.05) is 13.1 Å². The zero-order valence-electron chi connectivity index (χ0n) is 12.1. The van der Waals surface area contributed by atoms with E-state index in [2.05, 4.69) is 31.0 Å². The van der Waals surface area contributed by atoms with E-state index in [-0.39, 0.29) is 5.84 Å². The highest BCUT2D eigenvalue weighted by Crippen LogP contribution is 2.20.